The van der Waals surface area contributed by atoms with Crippen molar-refractivity contribution in [2.24, 2.45) is 0 Å². The molecule has 3 nitrogen and oxygen atoms in total. The summed E-state index contributed by atoms with van der Waals surface area (Å²) in [6, 6.07) is -0.877. The van der Waals surface area contributed by atoms with Crippen LogP contribution in [0.5, 0.6) is 0 Å². The lowest BCUT2D eigenvalue weighted by atomic mass is 10.1. The number of alkyl halides is 2. The van der Waals surface area contributed by atoms with Crippen LogP contribution in [0.1, 0.15) is 26.2 Å². The van der Waals surface area contributed by atoms with Crippen molar-refractivity contribution in [2.75, 3.05) is 7.05 Å². The number of halogens is 2. The molecule has 0 saturated heterocycles. The zero-order valence-electron chi connectivity index (χ0n) is 7.81. The summed E-state index contributed by atoms with van der Waals surface area (Å²) in [7, 11) is 1.45. The number of nitrogens with one attached hydrogen (secondary N) is 1. The predicted molar refractivity (Wildman–Crippen MR) is 45.0 cm³/mol. The Morgan fingerprint density at radius 3 is 2.46 bits per heavy atom. The molecule has 0 aliphatic heterocycles. The van der Waals surface area contributed by atoms with Crippen LogP contribution in [0.15, 0.2) is 0 Å². The summed E-state index contributed by atoms with van der Waals surface area (Å²) < 4.78 is 25.4. The standard InChI is InChI=1S/C8H15F2NO2/c1-3-8(9,10)5-4-6(11-2)7(12)13/h6,11H,3-5H2,1-2H3,(H,12,13). The monoisotopic (exact) mass is 195 g/mol. The molecule has 0 aromatic heterocycles. The van der Waals surface area contributed by atoms with E-state index in [2.05, 4.69) is 5.32 Å². The smallest absolute Gasteiger partial charge is 0.320 e. The van der Waals surface area contributed by atoms with E-state index in [9.17, 15) is 13.6 Å². The Morgan fingerprint density at radius 2 is 2.15 bits per heavy atom. The fourth-order valence-corrected chi connectivity index (χ4v) is 0.924. The largest absolute Gasteiger partial charge is 0.480 e. The van der Waals surface area contributed by atoms with Crippen molar-refractivity contribution in [3.63, 3.8) is 0 Å². The van der Waals surface area contributed by atoms with Gasteiger partial charge in [0.05, 0.1) is 0 Å². The first-order valence-corrected chi connectivity index (χ1v) is 4.21. The molecule has 0 saturated carbocycles. The van der Waals surface area contributed by atoms with Gasteiger partial charge in [-0.15, -0.1) is 0 Å². The second-order valence-electron chi connectivity index (χ2n) is 2.93. The highest BCUT2D eigenvalue weighted by atomic mass is 19.3. The average molecular weight is 195 g/mol. The molecule has 0 aromatic rings. The van der Waals surface area contributed by atoms with E-state index in [4.69, 9.17) is 5.11 Å². The SMILES string of the molecule is CCC(F)(F)CCC(NC)C(=O)O. The van der Waals surface area contributed by atoms with Gasteiger partial charge in [-0.3, -0.25) is 4.79 Å². The maximum absolute atomic E-state index is 12.7. The van der Waals surface area contributed by atoms with Gasteiger partial charge in [0.25, 0.3) is 0 Å². The Labute approximate surface area is 76.1 Å². The fourth-order valence-electron chi connectivity index (χ4n) is 0.924. The molecule has 0 spiro atoms. The van der Waals surface area contributed by atoms with Gasteiger partial charge < -0.3 is 10.4 Å². The second kappa shape index (κ2) is 5.11. The minimum atomic E-state index is -2.75. The van der Waals surface area contributed by atoms with Crippen molar-refractivity contribution >= 4 is 5.97 Å². The van der Waals surface area contributed by atoms with Crippen LogP contribution >= 0.6 is 0 Å². The van der Waals surface area contributed by atoms with E-state index in [-0.39, 0.29) is 19.3 Å². The number of carboxylic acid groups (broad SMARTS) is 1. The summed E-state index contributed by atoms with van der Waals surface area (Å²) in [6.07, 6.45) is -0.683. The highest BCUT2D eigenvalue weighted by Gasteiger charge is 2.28. The molecule has 0 fully saturated rings. The summed E-state index contributed by atoms with van der Waals surface area (Å²) in [5.74, 6) is -3.83. The topological polar surface area (TPSA) is 49.3 Å². The first-order valence-electron chi connectivity index (χ1n) is 4.21. The van der Waals surface area contributed by atoms with Gasteiger partial charge in [0.1, 0.15) is 6.04 Å². The lowest BCUT2D eigenvalue weighted by Gasteiger charge is -2.16. The zero-order valence-corrected chi connectivity index (χ0v) is 7.81. The molecule has 1 unspecified atom stereocenters. The van der Waals surface area contributed by atoms with E-state index < -0.39 is 17.9 Å². The van der Waals surface area contributed by atoms with E-state index in [0.29, 0.717) is 0 Å². The minimum Gasteiger partial charge on any atom is -0.480 e. The number of hydrogen-bond donors (Lipinski definition) is 2. The third-order valence-corrected chi connectivity index (χ3v) is 1.96. The lowest BCUT2D eigenvalue weighted by Crippen LogP contribution is -2.35. The molecule has 5 heteroatoms. The summed E-state index contributed by atoms with van der Waals surface area (Å²) in [5, 5.41) is 11.0. The summed E-state index contributed by atoms with van der Waals surface area (Å²) in [4.78, 5) is 10.4. The maximum atomic E-state index is 12.7. The molecular weight excluding hydrogens is 180 g/mol. The van der Waals surface area contributed by atoms with Crippen LogP contribution in [0.4, 0.5) is 8.78 Å². The minimum absolute atomic E-state index is 0.0489. The van der Waals surface area contributed by atoms with E-state index in [1.54, 1.807) is 0 Å². The summed E-state index contributed by atoms with van der Waals surface area (Å²) in [6.45, 7) is 1.38. The highest BCUT2D eigenvalue weighted by molar-refractivity contribution is 5.73. The van der Waals surface area contributed by atoms with Gasteiger partial charge in [0.2, 0.25) is 5.92 Å². The van der Waals surface area contributed by atoms with Crippen molar-refractivity contribution in [1.29, 1.82) is 0 Å². The Balaban J connectivity index is 3.92. The van der Waals surface area contributed by atoms with Gasteiger partial charge in [-0.05, 0) is 13.5 Å². The van der Waals surface area contributed by atoms with E-state index >= 15 is 0 Å². The highest BCUT2D eigenvalue weighted by Crippen LogP contribution is 2.24. The molecule has 13 heavy (non-hydrogen) atoms. The fraction of sp³-hybridized carbons (Fsp3) is 0.875. The summed E-state index contributed by atoms with van der Waals surface area (Å²) in [5.41, 5.74) is 0. The molecule has 1 atom stereocenters. The number of aliphatic carboxylic acids is 1. The Kier molecular flexibility index (Phi) is 4.83. The van der Waals surface area contributed by atoms with Crippen LogP contribution in [-0.4, -0.2) is 30.1 Å². The quantitative estimate of drug-likeness (QED) is 0.675. The van der Waals surface area contributed by atoms with Crippen LogP contribution in [0, 0.1) is 0 Å². The third kappa shape index (κ3) is 4.77. The van der Waals surface area contributed by atoms with Crippen molar-refractivity contribution in [1.82, 2.24) is 5.32 Å². The van der Waals surface area contributed by atoms with Crippen molar-refractivity contribution in [2.45, 2.75) is 38.2 Å². The predicted octanol–water partition coefficient (Wildman–Crippen LogP) is 1.48. The molecule has 0 heterocycles. The van der Waals surface area contributed by atoms with E-state index in [0.717, 1.165) is 0 Å². The van der Waals surface area contributed by atoms with Crippen molar-refractivity contribution < 1.29 is 18.7 Å². The van der Waals surface area contributed by atoms with Crippen LogP contribution in [0.3, 0.4) is 0 Å². The molecule has 0 radical (unpaired) electrons. The van der Waals surface area contributed by atoms with Gasteiger partial charge >= 0.3 is 5.97 Å². The molecule has 2 N–H and O–H groups in total. The maximum Gasteiger partial charge on any atom is 0.320 e. The molecule has 0 aromatic carbocycles. The van der Waals surface area contributed by atoms with Crippen LogP contribution in [-0.2, 0) is 4.79 Å². The van der Waals surface area contributed by atoms with Crippen molar-refractivity contribution in [3.05, 3.63) is 0 Å². The Hall–Kier alpha value is -0.710. The Bertz CT molecular complexity index is 174. The van der Waals surface area contributed by atoms with Gasteiger partial charge in [-0.25, -0.2) is 8.78 Å². The first kappa shape index (κ1) is 12.3. The van der Waals surface area contributed by atoms with E-state index in [1.807, 2.05) is 0 Å². The zero-order chi connectivity index (χ0) is 10.5. The molecule has 0 aliphatic carbocycles. The number of carbonyl (C=O) groups is 1. The normalized spacial score (nSPS) is 14.2. The summed E-state index contributed by atoms with van der Waals surface area (Å²) >= 11 is 0. The van der Waals surface area contributed by atoms with Gasteiger partial charge in [0.15, 0.2) is 0 Å². The second-order valence-corrected chi connectivity index (χ2v) is 2.93. The molecule has 0 rings (SSSR count). The third-order valence-electron chi connectivity index (χ3n) is 1.96. The van der Waals surface area contributed by atoms with Gasteiger partial charge in [-0.2, -0.15) is 0 Å². The molecule has 0 bridgehead atoms. The first-order chi connectivity index (χ1) is 5.93. The Morgan fingerprint density at radius 1 is 1.62 bits per heavy atom. The van der Waals surface area contributed by atoms with Gasteiger partial charge in [0, 0.05) is 12.8 Å². The average Bonchev–Trinajstić information content (AvgIpc) is 2.05. The van der Waals surface area contributed by atoms with Crippen molar-refractivity contribution in [3.8, 4) is 0 Å². The number of rotatable bonds is 6. The van der Waals surface area contributed by atoms with E-state index in [1.165, 1.54) is 14.0 Å². The molecule has 0 amide bonds. The number of likely N-dealkylation sites (N-methyl/N-ethyl adjacent to an activating group) is 1. The molecule has 78 valence electrons. The molecular formula is C8H15F2NO2. The van der Waals surface area contributed by atoms with Crippen LogP contribution in [0.25, 0.3) is 0 Å². The van der Waals surface area contributed by atoms with Crippen LogP contribution < -0.4 is 5.32 Å². The van der Waals surface area contributed by atoms with Crippen LogP contribution in [0.2, 0.25) is 0 Å². The molecule has 0 aliphatic rings. The number of hydrogen-bond acceptors (Lipinski definition) is 2. The number of carboxylic acids is 1. The lowest BCUT2D eigenvalue weighted by molar-refractivity contribution is -0.140. The van der Waals surface area contributed by atoms with Gasteiger partial charge in [-0.1, -0.05) is 6.92 Å².